The van der Waals surface area contributed by atoms with E-state index in [-0.39, 0.29) is 18.5 Å². The van der Waals surface area contributed by atoms with Gasteiger partial charge in [-0.2, -0.15) is 0 Å². The number of aliphatic hydroxyl groups is 1. The van der Waals surface area contributed by atoms with Gasteiger partial charge in [0.2, 0.25) is 0 Å². The number of benzene rings is 1. The first-order valence-electron chi connectivity index (χ1n) is 6.27. The Bertz CT molecular complexity index is 330. The van der Waals surface area contributed by atoms with Crippen LogP contribution in [0.2, 0.25) is 0 Å². The second-order valence-corrected chi connectivity index (χ2v) is 4.52. The first-order chi connectivity index (χ1) is 8.15. The highest BCUT2D eigenvalue weighted by Crippen LogP contribution is 2.08. The van der Waals surface area contributed by atoms with Crippen LogP contribution in [0.1, 0.15) is 32.3 Å². The molecule has 0 radical (unpaired) electrons. The maximum Gasteiger partial charge on any atom is 0.123 e. The molecule has 1 rings (SSSR count). The molecule has 1 aromatic carbocycles. The van der Waals surface area contributed by atoms with E-state index >= 15 is 0 Å². The number of rotatable bonds is 7. The summed E-state index contributed by atoms with van der Waals surface area (Å²) in [6.07, 6.45) is 2.57. The van der Waals surface area contributed by atoms with Crippen molar-refractivity contribution in [2.24, 2.45) is 0 Å². The summed E-state index contributed by atoms with van der Waals surface area (Å²) in [7, 11) is 0. The van der Waals surface area contributed by atoms with Crippen LogP contribution in [0.25, 0.3) is 0 Å². The van der Waals surface area contributed by atoms with Crippen LogP contribution >= 0.6 is 0 Å². The molecule has 2 N–H and O–H groups in total. The van der Waals surface area contributed by atoms with Gasteiger partial charge >= 0.3 is 0 Å². The molecule has 0 aliphatic carbocycles. The van der Waals surface area contributed by atoms with Gasteiger partial charge in [-0.05, 0) is 43.9 Å². The summed E-state index contributed by atoms with van der Waals surface area (Å²) in [5, 5.41) is 12.4. The van der Waals surface area contributed by atoms with Crippen LogP contribution < -0.4 is 5.32 Å². The van der Waals surface area contributed by atoms with E-state index in [1.807, 2.05) is 6.07 Å². The summed E-state index contributed by atoms with van der Waals surface area (Å²) in [5.41, 5.74) is 1.00. The van der Waals surface area contributed by atoms with Crippen LogP contribution in [-0.2, 0) is 6.42 Å². The van der Waals surface area contributed by atoms with Crippen molar-refractivity contribution in [2.75, 3.05) is 6.61 Å². The Balaban J connectivity index is 2.45. The fraction of sp³-hybridized carbons (Fsp3) is 0.571. The normalized spacial score (nSPS) is 14.6. The smallest absolute Gasteiger partial charge is 0.123 e. The third-order valence-electron chi connectivity index (χ3n) is 2.92. The van der Waals surface area contributed by atoms with Crippen molar-refractivity contribution < 1.29 is 9.50 Å². The minimum atomic E-state index is -0.183. The maximum atomic E-state index is 13.0. The fourth-order valence-corrected chi connectivity index (χ4v) is 2.04. The fourth-order valence-electron chi connectivity index (χ4n) is 2.04. The molecule has 0 saturated heterocycles. The molecule has 0 bridgehead atoms. The Morgan fingerprint density at radius 1 is 1.41 bits per heavy atom. The molecule has 0 heterocycles. The van der Waals surface area contributed by atoms with Gasteiger partial charge in [0.05, 0.1) is 0 Å². The van der Waals surface area contributed by atoms with Crippen LogP contribution in [-0.4, -0.2) is 23.8 Å². The predicted octanol–water partition coefficient (Wildman–Crippen LogP) is 2.51. The molecule has 0 fully saturated rings. The summed E-state index contributed by atoms with van der Waals surface area (Å²) in [6.45, 7) is 4.39. The lowest BCUT2D eigenvalue weighted by Crippen LogP contribution is -2.38. The van der Waals surface area contributed by atoms with Crippen LogP contribution in [0.4, 0.5) is 4.39 Å². The van der Waals surface area contributed by atoms with Gasteiger partial charge < -0.3 is 10.4 Å². The predicted molar refractivity (Wildman–Crippen MR) is 68.5 cm³/mol. The molecule has 0 aliphatic heterocycles. The highest BCUT2D eigenvalue weighted by atomic mass is 19.1. The number of halogens is 1. The van der Waals surface area contributed by atoms with E-state index in [1.165, 1.54) is 6.07 Å². The zero-order valence-corrected chi connectivity index (χ0v) is 10.6. The van der Waals surface area contributed by atoms with E-state index in [9.17, 15) is 4.39 Å². The van der Waals surface area contributed by atoms with E-state index in [0.29, 0.717) is 6.04 Å². The summed E-state index contributed by atoms with van der Waals surface area (Å²) in [4.78, 5) is 0. The van der Waals surface area contributed by atoms with Crippen molar-refractivity contribution in [3.8, 4) is 0 Å². The zero-order valence-electron chi connectivity index (χ0n) is 10.6. The monoisotopic (exact) mass is 239 g/mol. The Hall–Kier alpha value is -0.930. The Morgan fingerprint density at radius 2 is 2.18 bits per heavy atom. The van der Waals surface area contributed by atoms with E-state index in [2.05, 4.69) is 19.2 Å². The van der Waals surface area contributed by atoms with Crippen molar-refractivity contribution in [3.05, 3.63) is 35.6 Å². The van der Waals surface area contributed by atoms with E-state index in [0.717, 1.165) is 24.8 Å². The highest BCUT2D eigenvalue weighted by Gasteiger charge is 2.10. The van der Waals surface area contributed by atoms with Crippen LogP contribution in [0.15, 0.2) is 24.3 Å². The Labute approximate surface area is 103 Å². The lowest BCUT2D eigenvalue weighted by Gasteiger charge is -2.21. The van der Waals surface area contributed by atoms with Gasteiger partial charge in [-0.3, -0.25) is 0 Å². The SMILES string of the molecule is CCC(CCO)NC(C)Cc1cccc(F)c1. The van der Waals surface area contributed by atoms with Gasteiger partial charge in [-0.25, -0.2) is 4.39 Å². The van der Waals surface area contributed by atoms with Gasteiger partial charge in [0.15, 0.2) is 0 Å². The largest absolute Gasteiger partial charge is 0.396 e. The zero-order chi connectivity index (χ0) is 12.7. The number of hydrogen-bond donors (Lipinski definition) is 2. The molecule has 2 atom stereocenters. The summed E-state index contributed by atoms with van der Waals surface area (Å²) in [5.74, 6) is -0.183. The lowest BCUT2D eigenvalue weighted by atomic mass is 10.0. The standard InChI is InChI=1S/C14H22FNO/c1-3-14(7-8-17)16-11(2)9-12-5-4-6-13(15)10-12/h4-6,10-11,14,16-17H,3,7-9H2,1-2H3. The van der Waals surface area contributed by atoms with Crippen LogP contribution in [0, 0.1) is 5.82 Å². The quantitative estimate of drug-likeness (QED) is 0.766. The molecule has 3 heteroatoms. The summed E-state index contributed by atoms with van der Waals surface area (Å²) < 4.78 is 13.0. The molecule has 2 nitrogen and oxygen atoms in total. The van der Waals surface area contributed by atoms with Crippen LogP contribution in [0.5, 0.6) is 0 Å². The van der Waals surface area contributed by atoms with Gasteiger partial charge in [0.1, 0.15) is 5.82 Å². The van der Waals surface area contributed by atoms with Gasteiger partial charge in [0, 0.05) is 18.7 Å². The van der Waals surface area contributed by atoms with Crippen molar-refractivity contribution in [1.82, 2.24) is 5.32 Å². The van der Waals surface area contributed by atoms with Crippen molar-refractivity contribution in [2.45, 2.75) is 45.2 Å². The number of aliphatic hydroxyl groups excluding tert-OH is 1. The number of nitrogens with one attached hydrogen (secondary N) is 1. The Kier molecular flexibility index (Phi) is 6.16. The van der Waals surface area contributed by atoms with Crippen molar-refractivity contribution in [1.29, 1.82) is 0 Å². The first kappa shape index (κ1) is 14.1. The van der Waals surface area contributed by atoms with Crippen molar-refractivity contribution >= 4 is 0 Å². The second kappa shape index (κ2) is 7.41. The molecule has 0 aromatic heterocycles. The molecule has 1 aromatic rings. The molecule has 2 unspecified atom stereocenters. The molecule has 96 valence electrons. The Morgan fingerprint density at radius 3 is 2.76 bits per heavy atom. The third kappa shape index (κ3) is 5.29. The number of hydrogen-bond acceptors (Lipinski definition) is 2. The molecular weight excluding hydrogens is 217 g/mol. The highest BCUT2D eigenvalue weighted by molar-refractivity contribution is 5.17. The first-order valence-corrected chi connectivity index (χ1v) is 6.27. The van der Waals surface area contributed by atoms with Gasteiger partial charge in [0.25, 0.3) is 0 Å². The maximum absolute atomic E-state index is 13.0. The van der Waals surface area contributed by atoms with E-state index in [4.69, 9.17) is 5.11 Å². The third-order valence-corrected chi connectivity index (χ3v) is 2.92. The van der Waals surface area contributed by atoms with Crippen LogP contribution in [0.3, 0.4) is 0 Å². The molecule has 0 spiro atoms. The van der Waals surface area contributed by atoms with Crippen molar-refractivity contribution in [3.63, 3.8) is 0 Å². The lowest BCUT2D eigenvalue weighted by molar-refractivity contribution is 0.256. The van der Waals surface area contributed by atoms with Gasteiger partial charge in [-0.1, -0.05) is 19.1 Å². The minimum Gasteiger partial charge on any atom is -0.396 e. The topological polar surface area (TPSA) is 32.3 Å². The second-order valence-electron chi connectivity index (χ2n) is 4.52. The van der Waals surface area contributed by atoms with E-state index in [1.54, 1.807) is 12.1 Å². The molecule has 17 heavy (non-hydrogen) atoms. The molecule has 0 saturated carbocycles. The minimum absolute atomic E-state index is 0.183. The summed E-state index contributed by atoms with van der Waals surface area (Å²) in [6, 6.07) is 7.33. The average molecular weight is 239 g/mol. The molecular formula is C14H22FNO. The van der Waals surface area contributed by atoms with E-state index < -0.39 is 0 Å². The van der Waals surface area contributed by atoms with Gasteiger partial charge in [-0.15, -0.1) is 0 Å². The average Bonchev–Trinajstić information content (AvgIpc) is 2.28. The molecule has 0 aliphatic rings. The molecule has 0 amide bonds. The summed E-state index contributed by atoms with van der Waals surface area (Å²) >= 11 is 0.